The Morgan fingerprint density at radius 1 is 0.846 bits per heavy atom. The minimum absolute atomic E-state index is 0.0378. The van der Waals surface area contributed by atoms with E-state index in [1.165, 1.54) is 42.9 Å². The lowest BCUT2D eigenvalue weighted by atomic mass is 9.87. The molecule has 1 atom stereocenters. The van der Waals surface area contributed by atoms with E-state index < -0.39 is 40.7 Å². The SMILES string of the molecule is O=S(=O)(Nc1ccc(C(Cc2cc[n+]([O-])cc2)c2ccc(OC(F)F)c(OC(F)F)c2)cn1)c1ccccc1. The van der Waals surface area contributed by atoms with Crippen LogP contribution in [-0.2, 0) is 16.4 Å². The quantitative estimate of drug-likeness (QED) is 0.155. The molecule has 0 aliphatic rings. The van der Waals surface area contributed by atoms with E-state index in [1.807, 2.05) is 0 Å². The van der Waals surface area contributed by atoms with Gasteiger partial charge in [-0.2, -0.15) is 22.3 Å². The third-order valence-electron chi connectivity index (χ3n) is 5.59. The van der Waals surface area contributed by atoms with Crippen LogP contribution in [0.4, 0.5) is 23.4 Å². The number of ether oxygens (including phenoxy) is 2. The van der Waals surface area contributed by atoms with Crippen LogP contribution < -0.4 is 18.9 Å². The van der Waals surface area contributed by atoms with Crippen molar-refractivity contribution in [1.29, 1.82) is 0 Å². The first kappa shape index (κ1) is 27.6. The lowest BCUT2D eigenvalue weighted by molar-refractivity contribution is -0.605. The van der Waals surface area contributed by atoms with E-state index in [0.717, 1.165) is 12.1 Å². The number of nitrogens with zero attached hydrogens (tertiary/aromatic N) is 2. The molecule has 39 heavy (non-hydrogen) atoms. The number of rotatable bonds is 11. The summed E-state index contributed by atoms with van der Waals surface area (Å²) in [6.07, 6.45) is 4.23. The average molecular weight is 564 g/mol. The summed E-state index contributed by atoms with van der Waals surface area (Å²) >= 11 is 0. The van der Waals surface area contributed by atoms with E-state index in [9.17, 15) is 31.2 Å². The fraction of sp³-hybridized carbons (Fsp3) is 0.154. The van der Waals surface area contributed by atoms with Gasteiger partial charge in [-0.05, 0) is 53.4 Å². The van der Waals surface area contributed by atoms with E-state index in [2.05, 4.69) is 19.2 Å². The van der Waals surface area contributed by atoms with Crippen molar-refractivity contribution >= 4 is 15.8 Å². The summed E-state index contributed by atoms with van der Waals surface area (Å²) in [5.41, 5.74) is 1.64. The van der Waals surface area contributed by atoms with Crippen molar-refractivity contribution in [2.75, 3.05) is 4.72 Å². The number of sulfonamides is 1. The Labute approximate surface area is 221 Å². The lowest BCUT2D eigenvalue weighted by Gasteiger charge is -2.20. The molecule has 0 fully saturated rings. The molecule has 0 bridgehead atoms. The Kier molecular flexibility index (Phi) is 8.49. The van der Waals surface area contributed by atoms with Crippen molar-refractivity contribution in [3.8, 4) is 11.5 Å². The Morgan fingerprint density at radius 3 is 2.10 bits per heavy atom. The molecule has 2 aromatic carbocycles. The van der Waals surface area contributed by atoms with E-state index in [1.54, 1.807) is 36.4 Å². The van der Waals surface area contributed by atoms with Crippen molar-refractivity contribution in [3.63, 3.8) is 0 Å². The van der Waals surface area contributed by atoms with Crippen molar-refractivity contribution in [3.05, 3.63) is 113 Å². The van der Waals surface area contributed by atoms with Gasteiger partial charge in [-0.25, -0.2) is 13.4 Å². The van der Waals surface area contributed by atoms with Gasteiger partial charge in [-0.1, -0.05) is 30.3 Å². The van der Waals surface area contributed by atoms with Crippen LogP contribution in [0.1, 0.15) is 22.6 Å². The van der Waals surface area contributed by atoms with Crippen LogP contribution in [0.2, 0.25) is 0 Å². The number of nitrogens with one attached hydrogen (secondary N) is 1. The Morgan fingerprint density at radius 2 is 1.49 bits per heavy atom. The second kappa shape index (κ2) is 12.0. The van der Waals surface area contributed by atoms with Crippen molar-refractivity contribution < 1.29 is 40.2 Å². The van der Waals surface area contributed by atoms with E-state index in [0.29, 0.717) is 21.4 Å². The number of halogens is 4. The van der Waals surface area contributed by atoms with Crippen molar-refractivity contribution in [2.24, 2.45) is 0 Å². The second-order valence-electron chi connectivity index (χ2n) is 8.18. The summed E-state index contributed by atoms with van der Waals surface area (Å²) in [4.78, 5) is 4.25. The van der Waals surface area contributed by atoms with Gasteiger partial charge in [0.15, 0.2) is 23.9 Å². The maximum atomic E-state index is 13.0. The second-order valence-corrected chi connectivity index (χ2v) is 9.86. The molecule has 8 nitrogen and oxygen atoms in total. The molecule has 0 aliphatic heterocycles. The fourth-order valence-corrected chi connectivity index (χ4v) is 4.86. The largest absolute Gasteiger partial charge is 0.619 e. The summed E-state index contributed by atoms with van der Waals surface area (Å²) in [5.74, 6) is -1.70. The first-order valence-electron chi connectivity index (χ1n) is 11.4. The monoisotopic (exact) mass is 563 g/mol. The lowest BCUT2D eigenvalue weighted by Crippen LogP contribution is -2.24. The van der Waals surface area contributed by atoms with Crippen molar-refractivity contribution in [1.82, 2.24) is 4.98 Å². The molecular weight excluding hydrogens is 542 g/mol. The van der Waals surface area contributed by atoms with Gasteiger partial charge in [0.1, 0.15) is 5.82 Å². The molecule has 0 saturated carbocycles. The number of anilines is 1. The Bertz CT molecular complexity index is 1490. The van der Waals surface area contributed by atoms with Gasteiger partial charge < -0.3 is 14.7 Å². The highest BCUT2D eigenvalue weighted by molar-refractivity contribution is 7.92. The zero-order chi connectivity index (χ0) is 28.0. The molecule has 13 heteroatoms. The van der Waals surface area contributed by atoms with Crippen LogP contribution in [0, 0.1) is 5.21 Å². The van der Waals surface area contributed by atoms with Crippen molar-refractivity contribution in [2.45, 2.75) is 30.5 Å². The van der Waals surface area contributed by atoms with Gasteiger partial charge in [0.2, 0.25) is 0 Å². The maximum absolute atomic E-state index is 13.0. The number of alkyl halides is 4. The molecule has 1 unspecified atom stereocenters. The zero-order valence-corrected chi connectivity index (χ0v) is 20.8. The highest BCUT2D eigenvalue weighted by atomic mass is 32.2. The predicted molar refractivity (Wildman–Crippen MR) is 132 cm³/mol. The summed E-state index contributed by atoms with van der Waals surface area (Å²) < 4.78 is 88.6. The van der Waals surface area contributed by atoms with Crippen LogP contribution in [0.5, 0.6) is 11.5 Å². The standard InChI is InChI=1S/C26H21F4N3O5S/c27-25(28)37-22-8-6-18(15-23(22)38-26(29)30)21(14-17-10-12-33(34)13-11-17)19-7-9-24(31-16-19)32-39(35,36)20-4-2-1-3-5-20/h1-13,15-16,21,25-26H,14H2,(H,31,32). The van der Waals surface area contributed by atoms with Crippen LogP contribution in [0.15, 0.2) is 96.3 Å². The maximum Gasteiger partial charge on any atom is 0.387 e. The van der Waals surface area contributed by atoms with E-state index in [-0.39, 0.29) is 17.1 Å². The smallest absolute Gasteiger partial charge is 0.387 e. The molecule has 0 spiro atoms. The molecular formula is C26H21F4N3O5S. The number of pyridine rings is 2. The first-order valence-corrected chi connectivity index (χ1v) is 12.8. The van der Waals surface area contributed by atoms with Gasteiger partial charge >= 0.3 is 13.2 Å². The molecule has 204 valence electrons. The molecule has 0 saturated heterocycles. The average Bonchev–Trinajstić information content (AvgIpc) is 2.90. The minimum atomic E-state index is -3.89. The molecule has 0 amide bonds. The van der Waals surface area contributed by atoms with Gasteiger partial charge in [0.25, 0.3) is 10.0 Å². The highest BCUT2D eigenvalue weighted by Gasteiger charge is 2.22. The van der Waals surface area contributed by atoms with Crippen LogP contribution in [0.3, 0.4) is 0 Å². The molecule has 1 N–H and O–H groups in total. The first-order chi connectivity index (χ1) is 18.6. The molecule has 0 radical (unpaired) electrons. The number of hydrogen-bond donors (Lipinski definition) is 1. The van der Waals surface area contributed by atoms with Gasteiger partial charge in [0, 0.05) is 24.2 Å². The van der Waals surface area contributed by atoms with Crippen LogP contribution >= 0.6 is 0 Å². The third-order valence-corrected chi connectivity index (χ3v) is 6.96. The fourth-order valence-electron chi connectivity index (χ4n) is 3.83. The van der Waals surface area contributed by atoms with Gasteiger partial charge in [-0.15, -0.1) is 0 Å². The van der Waals surface area contributed by atoms with E-state index in [4.69, 9.17) is 0 Å². The summed E-state index contributed by atoms with van der Waals surface area (Å²) in [5, 5.41) is 11.5. The highest BCUT2D eigenvalue weighted by Crippen LogP contribution is 2.37. The topological polar surface area (TPSA) is 104 Å². The minimum Gasteiger partial charge on any atom is -0.619 e. The number of benzene rings is 2. The van der Waals surface area contributed by atoms with Gasteiger partial charge in [0.05, 0.1) is 4.90 Å². The Balaban J connectivity index is 1.69. The molecule has 2 heterocycles. The predicted octanol–water partition coefficient (Wildman–Crippen LogP) is 5.09. The molecule has 2 aromatic heterocycles. The van der Waals surface area contributed by atoms with Crippen LogP contribution in [-0.4, -0.2) is 26.6 Å². The third kappa shape index (κ3) is 7.35. The number of aromatic nitrogens is 2. The van der Waals surface area contributed by atoms with E-state index >= 15 is 0 Å². The normalized spacial score (nSPS) is 12.4. The Hall–Kier alpha value is -4.39. The van der Waals surface area contributed by atoms with Gasteiger partial charge in [-0.3, -0.25) is 4.72 Å². The molecule has 4 aromatic rings. The molecule has 0 aliphatic carbocycles. The van der Waals surface area contributed by atoms with Crippen LogP contribution in [0.25, 0.3) is 0 Å². The number of hydrogen-bond acceptors (Lipinski definition) is 6. The summed E-state index contributed by atoms with van der Waals surface area (Å²) in [6, 6.07) is 17.5. The summed E-state index contributed by atoms with van der Waals surface area (Å²) in [7, 11) is -3.89. The molecule has 4 rings (SSSR count). The summed E-state index contributed by atoms with van der Waals surface area (Å²) in [6.45, 7) is -6.55. The zero-order valence-electron chi connectivity index (χ0n) is 20.0.